The fourth-order valence-electron chi connectivity index (χ4n) is 1.79. The fourth-order valence-corrected chi connectivity index (χ4v) is 1.79. The number of aryl methyl sites for hydroxylation is 1. The van der Waals surface area contributed by atoms with Crippen molar-refractivity contribution in [3.05, 3.63) is 42.0 Å². The maximum Gasteiger partial charge on any atom is 0.408 e. The van der Waals surface area contributed by atoms with E-state index in [1.165, 1.54) is 12.3 Å². The molecule has 1 N–H and O–H groups in total. The lowest BCUT2D eigenvalue weighted by molar-refractivity contribution is -0.142. The Balaban J connectivity index is 2.10. The molecule has 2 aromatic rings. The van der Waals surface area contributed by atoms with E-state index < -0.39 is 18.6 Å². The SMILES string of the molecule is CCc1ccncc1NC(=O)c1ccn(CC(F)(F)F)n1. The maximum absolute atomic E-state index is 12.2. The highest BCUT2D eigenvalue weighted by molar-refractivity contribution is 6.03. The average Bonchev–Trinajstić information content (AvgIpc) is 2.85. The third-order valence-electron chi connectivity index (χ3n) is 2.76. The van der Waals surface area contributed by atoms with Crippen LogP contribution in [0.4, 0.5) is 18.9 Å². The van der Waals surface area contributed by atoms with Gasteiger partial charge >= 0.3 is 6.18 Å². The summed E-state index contributed by atoms with van der Waals surface area (Å²) in [5.74, 6) is -0.571. The van der Waals surface area contributed by atoms with Gasteiger partial charge < -0.3 is 5.32 Å². The van der Waals surface area contributed by atoms with E-state index >= 15 is 0 Å². The summed E-state index contributed by atoms with van der Waals surface area (Å²) in [7, 11) is 0. The number of aromatic nitrogens is 3. The molecule has 8 heteroatoms. The second kappa shape index (κ2) is 5.94. The van der Waals surface area contributed by atoms with Crippen molar-refractivity contribution in [2.75, 3.05) is 5.32 Å². The number of carbonyl (C=O) groups is 1. The number of hydrogen-bond acceptors (Lipinski definition) is 3. The van der Waals surface area contributed by atoms with Crippen molar-refractivity contribution in [1.82, 2.24) is 14.8 Å². The van der Waals surface area contributed by atoms with Crippen molar-refractivity contribution >= 4 is 11.6 Å². The molecule has 2 heterocycles. The van der Waals surface area contributed by atoms with Gasteiger partial charge in [-0.1, -0.05) is 6.92 Å². The Bertz CT molecular complexity index is 636. The summed E-state index contributed by atoms with van der Waals surface area (Å²) in [5, 5.41) is 6.21. The first kappa shape index (κ1) is 15.0. The van der Waals surface area contributed by atoms with Crippen molar-refractivity contribution in [3.8, 4) is 0 Å². The van der Waals surface area contributed by atoms with E-state index in [9.17, 15) is 18.0 Å². The van der Waals surface area contributed by atoms with Gasteiger partial charge in [0.05, 0.1) is 11.9 Å². The smallest absolute Gasteiger partial charge is 0.319 e. The minimum absolute atomic E-state index is 0.0786. The largest absolute Gasteiger partial charge is 0.408 e. The molecule has 0 bridgehead atoms. The maximum atomic E-state index is 12.2. The number of alkyl halides is 3. The lowest BCUT2D eigenvalue weighted by Gasteiger charge is -2.08. The zero-order valence-electron chi connectivity index (χ0n) is 11.2. The van der Waals surface area contributed by atoms with Gasteiger partial charge in [-0.05, 0) is 24.1 Å². The topological polar surface area (TPSA) is 59.8 Å². The molecule has 2 rings (SSSR count). The molecular weight excluding hydrogens is 285 g/mol. The Morgan fingerprint density at radius 1 is 1.38 bits per heavy atom. The average molecular weight is 298 g/mol. The Morgan fingerprint density at radius 3 is 2.81 bits per heavy atom. The van der Waals surface area contributed by atoms with E-state index in [1.54, 1.807) is 12.3 Å². The van der Waals surface area contributed by atoms with Gasteiger partial charge in [-0.25, -0.2) is 0 Å². The predicted octanol–water partition coefficient (Wildman–Crippen LogP) is 2.66. The van der Waals surface area contributed by atoms with Gasteiger partial charge in [0, 0.05) is 12.4 Å². The minimum Gasteiger partial charge on any atom is -0.319 e. The van der Waals surface area contributed by atoms with Crippen LogP contribution < -0.4 is 5.32 Å². The quantitative estimate of drug-likeness (QED) is 0.944. The Morgan fingerprint density at radius 2 is 2.14 bits per heavy atom. The Hall–Kier alpha value is -2.38. The molecule has 0 atom stereocenters. The summed E-state index contributed by atoms with van der Waals surface area (Å²) < 4.78 is 37.4. The molecular formula is C13H13F3N4O. The molecule has 0 aliphatic heterocycles. The highest BCUT2D eigenvalue weighted by atomic mass is 19.4. The van der Waals surface area contributed by atoms with Gasteiger partial charge in [0.1, 0.15) is 6.54 Å². The predicted molar refractivity (Wildman–Crippen MR) is 69.9 cm³/mol. The molecule has 2 aromatic heterocycles. The van der Waals surface area contributed by atoms with Crippen molar-refractivity contribution in [2.24, 2.45) is 0 Å². The Labute approximate surface area is 118 Å². The van der Waals surface area contributed by atoms with Gasteiger partial charge in [0.2, 0.25) is 0 Å². The monoisotopic (exact) mass is 298 g/mol. The lowest BCUT2D eigenvalue weighted by atomic mass is 10.2. The van der Waals surface area contributed by atoms with Crippen LogP contribution in [0.2, 0.25) is 0 Å². The number of pyridine rings is 1. The molecule has 0 aromatic carbocycles. The molecule has 0 saturated carbocycles. The number of anilines is 1. The van der Waals surface area contributed by atoms with Crippen LogP contribution in [0.15, 0.2) is 30.7 Å². The third kappa shape index (κ3) is 4.04. The molecule has 0 aliphatic carbocycles. The lowest BCUT2D eigenvalue weighted by Crippen LogP contribution is -2.19. The van der Waals surface area contributed by atoms with Crippen LogP contribution in [-0.2, 0) is 13.0 Å². The molecule has 0 radical (unpaired) electrons. The summed E-state index contributed by atoms with van der Waals surface area (Å²) in [6, 6.07) is 3.00. The van der Waals surface area contributed by atoms with Gasteiger partial charge in [-0.3, -0.25) is 14.5 Å². The third-order valence-corrected chi connectivity index (χ3v) is 2.76. The number of nitrogens with one attached hydrogen (secondary N) is 1. The first-order valence-corrected chi connectivity index (χ1v) is 6.23. The molecule has 0 aliphatic rings. The molecule has 0 fully saturated rings. The van der Waals surface area contributed by atoms with Crippen molar-refractivity contribution in [1.29, 1.82) is 0 Å². The van der Waals surface area contributed by atoms with Gasteiger partial charge in [-0.2, -0.15) is 18.3 Å². The molecule has 1 amide bonds. The fraction of sp³-hybridized carbons (Fsp3) is 0.308. The van der Waals surface area contributed by atoms with Crippen LogP contribution in [0.1, 0.15) is 23.0 Å². The molecule has 0 saturated heterocycles. The molecule has 5 nitrogen and oxygen atoms in total. The number of carbonyl (C=O) groups excluding carboxylic acids is 1. The summed E-state index contributed by atoms with van der Waals surface area (Å²) in [5.41, 5.74) is 1.33. The molecule has 0 spiro atoms. The van der Waals surface area contributed by atoms with Gasteiger partial charge in [0.25, 0.3) is 5.91 Å². The highest BCUT2D eigenvalue weighted by Gasteiger charge is 2.28. The zero-order chi connectivity index (χ0) is 15.5. The van der Waals surface area contributed by atoms with E-state index in [1.807, 2.05) is 6.92 Å². The second-order valence-corrected chi connectivity index (χ2v) is 4.35. The number of halogens is 3. The van der Waals surface area contributed by atoms with E-state index in [2.05, 4.69) is 15.4 Å². The molecule has 0 unspecified atom stereocenters. The van der Waals surface area contributed by atoms with Crippen LogP contribution in [0.5, 0.6) is 0 Å². The van der Waals surface area contributed by atoms with Crippen LogP contribution in [-0.4, -0.2) is 26.8 Å². The van der Waals surface area contributed by atoms with Crippen molar-refractivity contribution < 1.29 is 18.0 Å². The number of hydrogen-bond donors (Lipinski definition) is 1. The summed E-state index contributed by atoms with van der Waals surface area (Å²) >= 11 is 0. The normalized spacial score (nSPS) is 11.4. The van der Waals surface area contributed by atoms with Crippen LogP contribution >= 0.6 is 0 Å². The van der Waals surface area contributed by atoms with Crippen LogP contribution in [0.3, 0.4) is 0 Å². The van der Waals surface area contributed by atoms with E-state index in [0.717, 1.165) is 11.8 Å². The highest BCUT2D eigenvalue weighted by Crippen LogP contribution is 2.18. The zero-order valence-corrected chi connectivity index (χ0v) is 11.2. The second-order valence-electron chi connectivity index (χ2n) is 4.35. The van der Waals surface area contributed by atoms with Crippen LogP contribution in [0.25, 0.3) is 0 Å². The standard InChI is InChI=1S/C13H13F3N4O/c1-2-9-3-5-17-7-11(9)18-12(21)10-4-6-20(19-10)8-13(14,15)16/h3-7H,2,8H2,1H3,(H,18,21). The van der Waals surface area contributed by atoms with Gasteiger partial charge in [-0.15, -0.1) is 0 Å². The molecule has 112 valence electrons. The van der Waals surface area contributed by atoms with Crippen molar-refractivity contribution in [3.63, 3.8) is 0 Å². The van der Waals surface area contributed by atoms with E-state index in [-0.39, 0.29) is 5.69 Å². The first-order chi connectivity index (χ1) is 9.89. The summed E-state index contributed by atoms with van der Waals surface area (Å²) in [4.78, 5) is 15.9. The van der Waals surface area contributed by atoms with E-state index in [4.69, 9.17) is 0 Å². The van der Waals surface area contributed by atoms with Crippen LogP contribution in [0, 0.1) is 0 Å². The van der Waals surface area contributed by atoms with Crippen molar-refractivity contribution in [2.45, 2.75) is 26.1 Å². The number of amides is 1. The minimum atomic E-state index is -4.38. The Kier molecular flexibility index (Phi) is 4.25. The summed E-state index contributed by atoms with van der Waals surface area (Å²) in [6.07, 6.45) is 0.529. The number of nitrogens with zero attached hydrogens (tertiary/aromatic N) is 3. The number of rotatable bonds is 4. The van der Waals surface area contributed by atoms with E-state index in [0.29, 0.717) is 16.8 Å². The first-order valence-electron chi connectivity index (χ1n) is 6.23. The molecule has 21 heavy (non-hydrogen) atoms. The van der Waals surface area contributed by atoms with Gasteiger partial charge in [0.15, 0.2) is 5.69 Å². The summed E-state index contributed by atoms with van der Waals surface area (Å²) in [6.45, 7) is 0.691.